The van der Waals surface area contributed by atoms with Crippen molar-refractivity contribution in [2.24, 2.45) is 11.8 Å². The number of nitrogens with one attached hydrogen (secondary N) is 2. The van der Waals surface area contributed by atoms with E-state index in [2.05, 4.69) is 10.6 Å². The number of carboxylic acid groups (broad SMARTS) is 1. The smallest absolute Gasteiger partial charge is 0.335 e. The van der Waals surface area contributed by atoms with Gasteiger partial charge in [0.05, 0.1) is 12.1 Å². The van der Waals surface area contributed by atoms with Crippen molar-refractivity contribution in [1.29, 1.82) is 0 Å². The first-order chi connectivity index (χ1) is 8.88. The molecule has 1 heterocycles. The van der Waals surface area contributed by atoms with Gasteiger partial charge in [0.1, 0.15) is 0 Å². The quantitative estimate of drug-likeness (QED) is 0.577. The molecule has 7 heteroatoms. The van der Waals surface area contributed by atoms with Crippen LogP contribution >= 0.6 is 0 Å². The van der Waals surface area contributed by atoms with Gasteiger partial charge < -0.3 is 20.5 Å². The Morgan fingerprint density at radius 3 is 2.42 bits per heavy atom. The van der Waals surface area contributed by atoms with Crippen molar-refractivity contribution in [2.45, 2.75) is 39.0 Å². The lowest BCUT2D eigenvalue weighted by molar-refractivity contribution is -0.173. The Morgan fingerprint density at radius 1 is 1.32 bits per heavy atom. The molecule has 3 N–H and O–H groups in total. The minimum absolute atomic E-state index is 0.0138. The van der Waals surface area contributed by atoms with Crippen LogP contribution in [0, 0.1) is 11.8 Å². The molecule has 5 atom stereocenters. The largest absolute Gasteiger partial charge is 0.479 e. The van der Waals surface area contributed by atoms with Gasteiger partial charge in [-0.1, -0.05) is 13.8 Å². The maximum absolute atomic E-state index is 11.3. The SMILES string of the molecule is CC(=O)NC1C(C(=O)O)OC(CNC=O)C(C)[C@@H]1C. The van der Waals surface area contributed by atoms with Crippen molar-refractivity contribution < 1.29 is 24.2 Å². The molecule has 2 amide bonds. The summed E-state index contributed by atoms with van der Waals surface area (Å²) >= 11 is 0. The van der Waals surface area contributed by atoms with Gasteiger partial charge in [-0.25, -0.2) is 4.79 Å². The van der Waals surface area contributed by atoms with Crippen LogP contribution in [0.15, 0.2) is 0 Å². The van der Waals surface area contributed by atoms with E-state index >= 15 is 0 Å². The van der Waals surface area contributed by atoms with Gasteiger partial charge in [-0.3, -0.25) is 9.59 Å². The van der Waals surface area contributed by atoms with E-state index in [1.54, 1.807) is 0 Å². The minimum atomic E-state index is -1.12. The monoisotopic (exact) mass is 272 g/mol. The topological polar surface area (TPSA) is 105 Å². The summed E-state index contributed by atoms with van der Waals surface area (Å²) in [6.45, 7) is 5.38. The van der Waals surface area contributed by atoms with Crippen LogP contribution in [0.2, 0.25) is 0 Å². The van der Waals surface area contributed by atoms with E-state index in [1.807, 2.05) is 13.8 Å². The molecular formula is C12H20N2O5. The van der Waals surface area contributed by atoms with Crippen LogP contribution in [0.4, 0.5) is 0 Å². The Morgan fingerprint density at radius 2 is 1.95 bits per heavy atom. The van der Waals surface area contributed by atoms with Crippen LogP contribution in [-0.4, -0.2) is 48.2 Å². The molecule has 1 aliphatic heterocycles. The first-order valence-corrected chi connectivity index (χ1v) is 6.20. The molecule has 1 aliphatic rings. The third kappa shape index (κ3) is 3.66. The summed E-state index contributed by atoms with van der Waals surface area (Å²) in [6.07, 6.45) is -0.934. The van der Waals surface area contributed by atoms with E-state index in [4.69, 9.17) is 4.74 Å². The molecule has 4 unspecified atom stereocenters. The van der Waals surface area contributed by atoms with Gasteiger partial charge >= 0.3 is 5.97 Å². The van der Waals surface area contributed by atoms with E-state index in [-0.39, 0.29) is 30.4 Å². The van der Waals surface area contributed by atoms with Crippen LogP contribution < -0.4 is 10.6 Å². The maximum Gasteiger partial charge on any atom is 0.335 e. The summed E-state index contributed by atoms with van der Waals surface area (Å²) in [4.78, 5) is 32.7. The normalized spacial score (nSPS) is 34.4. The molecule has 0 spiro atoms. The van der Waals surface area contributed by atoms with Crippen molar-refractivity contribution in [3.8, 4) is 0 Å². The standard InChI is InChI=1S/C12H20N2O5/c1-6-7(2)10(14-8(3)16)11(12(17)18)19-9(6)4-13-5-15/h5-7,9-11H,4H2,1-3H3,(H,13,15)(H,14,16)(H,17,18)/t6?,7-,9?,10?,11?/m0/s1. The molecule has 19 heavy (non-hydrogen) atoms. The average Bonchev–Trinajstić information content (AvgIpc) is 2.33. The minimum Gasteiger partial charge on any atom is -0.479 e. The third-order valence-electron chi connectivity index (χ3n) is 3.65. The summed E-state index contributed by atoms with van der Waals surface area (Å²) in [5.74, 6) is -1.46. The zero-order valence-corrected chi connectivity index (χ0v) is 11.3. The fourth-order valence-electron chi connectivity index (χ4n) is 2.39. The molecule has 0 aromatic rings. The average molecular weight is 272 g/mol. The molecule has 1 rings (SSSR count). The van der Waals surface area contributed by atoms with Crippen molar-refractivity contribution in [1.82, 2.24) is 10.6 Å². The number of hydrogen-bond donors (Lipinski definition) is 3. The maximum atomic E-state index is 11.3. The van der Waals surface area contributed by atoms with E-state index in [1.165, 1.54) is 6.92 Å². The Bertz CT molecular complexity index is 360. The molecular weight excluding hydrogens is 252 g/mol. The molecule has 0 aliphatic carbocycles. The lowest BCUT2D eigenvalue weighted by Gasteiger charge is -2.43. The number of carbonyl (C=O) groups is 3. The second kappa shape index (κ2) is 6.51. The first-order valence-electron chi connectivity index (χ1n) is 6.20. The predicted octanol–water partition coefficient (Wildman–Crippen LogP) is -0.639. The van der Waals surface area contributed by atoms with Gasteiger partial charge in [0.25, 0.3) is 0 Å². The number of amides is 2. The van der Waals surface area contributed by atoms with Crippen molar-refractivity contribution in [3.63, 3.8) is 0 Å². The molecule has 1 fully saturated rings. The van der Waals surface area contributed by atoms with Crippen molar-refractivity contribution in [2.75, 3.05) is 6.54 Å². The van der Waals surface area contributed by atoms with Crippen molar-refractivity contribution in [3.05, 3.63) is 0 Å². The highest BCUT2D eigenvalue weighted by Crippen LogP contribution is 2.30. The van der Waals surface area contributed by atoms with Gasteiger partial charge in [0, 0.05) is 13.5 Å². The van der Waals surface area contributed by atoms with Gasteiger partial charge in [-0.05, 0) is 11.8 Å². The van der Waals surface area contributed by atoms with Gasteiger partial charge in [0.2, 0.25) is 12.3 Å². The molecule has 0 saturated carbocycles. The van der Waals surface area contributed by atoms with Gasteiger partial charge in [-0.2, -0.15) is 0 Å². The van der Waals surface area contributed by atoms with Crippen molar-refractivity contribution >= 4 is 18.3 Å². The number of ether oxygens (including phenoxy) is 1. The van der Waals surface area contributed by atoms with Crippen LogP contribution in [-0.2, 0) is 19.1 Å². The van der Waals surface area contributed by atoms with Crippen LogP contribution in [0.3, 0.4) is 0 Å². The van der Waals surface area contributed by atoms with E-state index in [0.29, 0.717) is 6.41 Å². The summed E-state index contributed by atoms with van der Waals surface area (Å²) in [7, 11) is 0. The number of rotatable bonds is 5. The van der Waals surface area contributed by atoms with E-state index in [9.17, 15) is 19.5 Å². The van der Waals surface area contributed by atoms with E-state index < -0.39 is 18.1 Å². The summed E-state index contributed by atoms with van der Waals surface area (Å²) in [6, 6.07) is -0.572. The van der Waals surface area contributed by atoms with Gasteiger partial charge in [0.15, 0.2) is 6.10 Å². The number of carboxylic acids is 1. The third-order valence-corrected chi connectivity index (χ3v) is 3.65. The van der Waals surface area contributed by atoms with Crippen LogP contribution in [0.25, 0.3) is 0 Å². The molecule has 7 nitrogen and oxygen atoms in total. The molecule has 0 bridgehead atoms. The molecule has 0 aromatic carbocycles. The lowest BCUT2D eigenvalue weighted by Crippen LogP contribution is -2.60. The second-order valence-corrected chi connectivity index (χ2v) is 4.90. The first kappa shape index (κ1) is 15.4. The molecule has 1 saturated heterocycles. The highest BCUT2D eigenvalue weighted by molar-refractivity contribution is 5.77. The summed E-state index contributed by atoms with van der Waals surface area (Å²) < 4.78 is 5.51. The highest BCUT2D eigenvalue weighted by atomic mass is 16.5. The fourth-order valence-corrected chi connectivity index (χ4v) is 2.39. The number of aliphatic carboxylic acids is 1. The summed E-state index contributed by atoms with van der Waals surface area (Å²) in [5, 5.41) is 14.3. The lowest BCUT2D eigenvalue weighted by atomic mass is 9.79. The Labute approximate surface area is 111 Å². The molecule has 108 valence electrons. The zero-order valence-electron chi connectivity index (χ0n) is 11.3. The Kier molecular flexibility index (Phi) is 5.29. The van der Waals surface area contributed by atoms with Crippen LogP contribution in [0.1, 0.15) is 20.8 Å². The van der Waals surface area contributed by atoms with Crippen LogP contribution in [0.5, 0.6) is 0 Å². The Hall–Kier alpha value is -1.63. The predicted molar refractivity (Wildman–Crippen MR) is 66.3 cm³/mol. The Balaban J connectivity index is 2.86. The highest BCUT2D eigenvalue weighted by Gasteiger charge is 2.44. The second-order valence-electron chi connectivity index (χ2n) is 4.90. The molecule has 0 aromatic heterocycles. The zero-order chi connectivity index (χ0) is 14.6. The molecule has 0 radical (unpaired) electrons. The fraction of sp³-hybridized carbons (Fsp3) is 0.750. The summed E-state index contributed by atoms with van der Waals surface area (Å²) in [5.41, 5.74) is 0. The van der Waals surface area contributed by atoms with Gasteiger partial charge in [-0.15, -0.1) is 0 Å². The van der Waals surface area contributed by atoms with E-state index in [0.717, 1.165) is 0 Å². The number of hydrogen-bond acceptors (Lipinski definition) is 4. The number of carbonyl (C=O) groups excluding carboxylic acids is 2.